The molecule has 1 aromatic heterocycles. The molecule has 2 heterocycles. The van der Waals surface area contributed by atoms with Gasteiger partial charge in [-0.2, -0.15) is 0 Å². The normalized spacial score (nSPS) is 26.6. The lowest BCUT2D eigenvalue weighted by Gasteiger charge is -2.34. The third-order valence-electron chi connectivity index (χ3n) is 5.60. The van der Waals surface area contributed by atoms with Gasteiger partial charge in [-0.25, -0.2) is 23.0 Å². The summed E-state index contributed by atoms with van der Waals surface area (Å²) in [6.07, 6.45) is 1.81. The highest BCUT2D eigenvalue weighted by atomic mass is 32.2. The van der Waals surface area contributed by atoms with E-state index in [9.17, 15) is 13.2 Å². The van der Waals surface area contributed by atoms with E-state index >= 15 is 0 Å². The topological polar surface area (TPSA) is 55.6 Å². The Bertz CT molecular complexity index is 1160. The maximum atomic E-state index is 14.8. The number of aromatic nitrogens is 1. The molecular weight excluding hydrogens is 409 g/mol. The summed E-state index contributed by atoms with van der Waals surface area (Å²) in [4.78, 5) is 11.7. The third-order valence-corrected chi connectivity index (χ3v) is 6.87. The molecule has 0 amide bonds. The largest absolute Gasteiger partial charge is 0.378 e. The number of nitrogens with zero attached hydrogens (tertiary/aromatic N) is 3. The van der Waals surface area contributed by atoms with Crippen molar-refractivity contribution in [2.45, 2.75) is 23.6 Å². The molecule has 1 fully saturated rings. The molecule has 2 N–H and O–H groups in total. The monoisotopic (exact) mass is 426 g/mol. The first kappa shape index (κ1) is 20.3. The second-order valence-electron chi connectivity index (χ2n) is 7.48. The summed E-state index contributed by atoms with van der Waals surface area (Å²) in [5.41, 5.74) is 6.45. The molecule has 8 heteroatoms. The van der Waals surface area contributed by atoms with E-state index in [1.807, 2.05) is 0 Å². The predicted molar refractivity (Wildman–Crippen MR) is 111 cm³/mol. The summed E-state index contributed by atoms with van der Waals surface area (Å²) >= 11 is 1.10. The number of hydrogen-bond acceptors (Lipinski definition) is 4. The van der Waals surface area contributed by atoms with Crippen molar-refractivity contribution in [2.24, 2.45) is 16.6 Å². The number of benzene rings is 1. The Morgan fingerprint density at radius 2 is 2.10 bits per heavy atom. The molecule has 3 atom stereocenters. The molecule has 4 nitrogen and oxygen atoms in total. The Balaban J connectivity index is 1.75. The lowest BCUT2D eigenvalue weighted by molar-refractivity contribution is 0.257. The Morgan fingerprint density at radius 1 is 1.30 bits per heavy atom. The lowest BCUT2D eigenvalue weighted by Crippen LogP contribution is -2.40. The zero-order valence-corrected chi connectivity index (χ0v) is 16.9. The predicted octanol–water partition coefficient (Wildman–Crippen LogP) is 4.43. The molecule has 4 rings (SSSR count). The van der Waals surface area contributed by atoms with E-state index in [1.165, 1.54) is 24.4 Å². The van der Waals surface area contributed by atoms with Crippen molar-refractivity contribution in [1.82, 2.24) is 4.98 Å². The molecule has 1 saturated carbocycles. The highest BCUT2D eigenvalue weighted by molar-refractivity contribution is 8.15. The molecule has 30 heavy (non-hydrogen) atoms. The number of fused-ring (bicyclic) bond motifs is 1. The number of pyridine rings is 1. The van der Waals surface area contributed by atoms with Crippen LogP contribution in [0.2, 0.25) is 0 Å². The first-order chi connectivity index (χ1) is 14.4. The van der Waals surface area contributed by atoms with Gasteiger partial charge in [-0.3, -0.25) is 4.98 Å². The molecule has 152 valence electrons. The fourth-order valence-corrected chi connectivity index (χ4v) is 5.21. The minimum absolute atomic E-state index is 0.0356. The van der Waals surface area contributed by atoms with Gasteiger partial charge in [0.25, 0.3) is 0 Å². The molecule has 2 aromatic rings. The summed E-state index contributed by atoms with van der Waals surface area (Å²) in [6.45, 7) is 7.16. The van der Waals surface area contributed by atoms with Crippen molar-refractivity contribution in [3.63, 3.8) is 0 Å². The third kappa shape index (κ3) is 3.22. The Labute approximate surface area is 176 Å². The molecule has 0 unspecified atom stereocenters. The van der Waals surface area contributed by atoms with E-state index in [4.69, 9.17) is 12.3 Å². The number of amidine groups is 1. The minimum atomic E-state index is -1.55. The number of alkyl halides is 2. The SMILES string of the molecule is [C-]#[N+]c1cnc(C#Cc2ccc(F)c([C@@]3(CF)N=C(N)S[C@@]4(CF)C[C@H]43)c2)c(C)c1. The highest BCUT2D eigenvalue weighted by Crippen LogP contribution is 2.66. The molecule has 1 aromatic carbocycles. The van der Waals surface area contributed by atoms with Gasteiger partial charge in [-0.1, -0.05) is 17.7 Å². The summed E-state index contributed by atoms with van der Waals surface area (Å²) in [5, 5.41) is 0.0645. The number of nitrogens with two attached hydrogens (primary N) is 1. The zero-order chi connectivity index (χ0) is 21.5. The van der Waals surface area contributed by atoms with E-state index in [2.05, 4.69) is 26.7 Å². The molecular formula is C22H17F3N4S. The second kappa shape index (κ2) is 7.37. The maximum absolute atomic E-state index is 14.8. The van der Waals surface area contributed by atoms with Crippen LogP contribution in [0.15, 0.2) is 35.5 Å². The van der Waals surface area contributed by atoms with Gasteiger partial charge in [-0.05, 0) is 49.1 Å². The number of thioether (sulfide) groups is 1. The Hall–Kier alpha value is -2.97. The van der Waals surface area contributed by atoms with Gasteiger partial charge < -0.3 is 5.73 Å². The van der Waals surface area contributed by atoms with Gasteiger partial charge in [0.2, 0.25) is 5.69 Å². The number of aliphatic imine (C=N–C) groups is 1. The van der Waals surface area contributed by atoms with Crippen LogP contribution in [0.5, 0.6) is 0 Å². The number of halogens is 3. The van der Waals surface area contributed by atoms with Gasteiger partial charge in [0.05, 0.1) is 11.3 Å². The van der Waals surface area contributed by atoms with Crippen LogP contribution in [0.1, 0.15) is 28.8 Å². The van der Waals surface area contributed by atoms with Gasteiger partial charge in [0.1, 0.15) is 30.4 Å². The number of aryl methyl sites for hydroxylation is 1. The fourth-order valence-electron chi connectivity index (χ4n) is 3.95. The molecule has 1 aliphatic carbocycles. The molecule has 1 aliphatic heterocycles. The van der Waals surface area contributed by atoms with Crippen LogP contribution in [-0.2, 0) is 5.54 Å². The molecule has 0 bridgehead atoms. The number of rotatable bonds is 3. The van der Waals surface area contributed by atoms with Crippen LogP contribution in [-0.4, -0.2) is 28.2 Å². The van der Waals surface area contributed by atoms with Crippen LogP contribution in [0.25, 0.3) is 4.85 Å². The lowest BCUT2D eigenvalue weighted by atomic mass is 9.84. The average molecular weight is 426 g/mol. The highest BCUT2D eigenvalue weighted by Gasteiger charge is 2.68. The van der Waals surface area contributed by atoms with Crippen LogP contribution >= 0.6 is 11.8 Å². The zero-order valence-electron chi connectivity index (χ0n) is 16.0. The van der Waals surface area contributed by atoms with Crippen molar-refractivity contribution in [1.29, 1.82) is 0 Å². The van der Waals surface area contributed by atoms with E-state index < -0.39 is 35.4 Å². The van der Waals surface area contributed by atoms with Gasteiger partial charge in [0, 0.05) is 23.2 Å². The van der Waals surface area contributed by atoms with Crippen molar-refractivity contribution in [2.75, 3.05) is 13.3 Å². The minimum Gasteiger partial charge on any atom is -0.378 e. The van der Waals surface area contributed by atoms with E-state index in [-0.39, 0.29) is 10.7 Å². The van der Waals surface area contributed by atoms with Crippen molar-refractivity contribution in [3.05, 3.63) is 70.1 Å². The fraction of sp³-hybridized carbons (Fsp3) is 0.318. The summed E-state index contributed by atoms with van der Waals surface area (Å²) < 4.78 is 41.9. The van der Waals surface area contributed by atoms with Crippen LogP contribution in [0.3, 0.4) is 0 Å². The second-order valence-corrected chi connectivity index (χ2v) is 8.92. The summed E-state index contributed by atoms with van der Waals surface area (Å²) in [5.74, 6) is 4.72. The maximum Gasteiger partial charge on any atom is 0.205 e. The Morgan fingerprint density at radius 3 is 2.77 bits per heavy atom. The van der Waals surface area contributed by atoms with E-state index in [1.54, 1.807) is 13.0 Å². The van der Waals surface area contributed by atoms with Gasteiger partial charge >= 0.3 is 0 Å². The molecule has 0 radical (unpaired) electrons. The number of hydrogen-bond donors (Lipinski definition) is 1. The van der Waals surface area contributed by atoms with E-state index in [0.717, 1.165) is 17.3 Å². The first-order valence-electron chi connectivity index (χ1n) is 9.20. The smallest absolute Gasteiger partial charge is 0.205 e. The van der Waals surface area contributed by atoms with Crippen LogP contribution < -0.4 is 5.73 Å². The van der Waals surface area contributed by atoms with Gasteiger partial charge in [-0.15, -0.1) is 0 Å². The molecule has 0 spiro atoms. The van der Waals surface area contributed by atoms with Crippen LogP contribution in [0, 0.1) is 37.1 Å². The molecule has 2 aliphatic rings. The summed E-state index contributed by atoms with van der Waals surface area (Å²) in [7, 11) is 0. The van der Waals surface area contributed by atoms with E-state index in [0.29, 0.717) is 23.4 Å². The quantitative estimate of drug-likeness (QED) is 0.583. The average Bonchev–Trinajstić information content (AvgIpc) is 3.48. The van der Waals surface area contributed by atoms with Crippen molar-refractivity contribution >= 4 is 22.6 Å². The standard InChI is InChI=1S/C22H17F3N4S/c1-13-7-15(27-2)10-28-18(13)6-4-14-3-5-17(25)16(8-14)22(12-24)19-9-21(19,11-23)30-20(26)29-22/h3,5,7-8,10,19H,9,11-12H2,1H3,(H2,26,29)/t19-,21-,22-/m1/s1. The van der Waals surface area contributed by atoms with Crippen molar-refractivity contribution in [3.8, 4) is 11.8 Å². The van der Waals surface area contributed by atoms with Crippen LogP contribution in [0.4, 0.5) is 18.9 Å². The Kier molecular flexibility index (Phi) is 4.99. The molecule has 0 saturated heterocycles. The summed E-state index contributed by atoms with van der Waals surface area (Å²) in [6, 6.07) is 5.84. The van der Waals surface area contributed by atoms with Gasteiger partial charge in [0.15, 0.2) is 5.17 Å². The first-order valence-corrected chi connectivity index (χ1v) is 10.0. The van der Waals surface area contributed by atoms with Crippen molar-refractivity contribution < 1.29 is 13.2 Å².